The monoisotopic (exact) mass is 326 g/mol. The van der Waals surface area contributed by atoms with Crippen LogP contribution >= 0.6 is 15.9 Å². The number of piperidine rings is 1. The summed E-state index contributed by atoms with van der Waals surface area (Å²) in [4.78, 5) is 13.6. The molecule has 0 saturated carbocycles. The van der Waals surface area contributed by atoms with Crippen LogP contribution in [0.3, 0.4) is 0 Å². The van der Waals surface area contributed by atoms with Crippen molar-refractivity contribution in [1.29, 1.82) is 0 Å². The van der Waals surface area contributed by atoms with Crippen LogP contribution in [0.4, 0.5) is 0 Å². The number of rotatable bonds is 4. The summed E-state index contributed by atoms with van der Waals surface area (Å²) < 4.78 is 6.41. The summed E-state index contributed by atoms with van der Waals surface area (Å²) in [5, 5.41) is 0. The van der Waals surface area contributed by atoms with Gasteiger partial charge in [-0.15, -0.1) is 0 Å². The van der Waals surface area contributed by atoms with Crippen molar-refractivity contribution in [2.24, 2.45) is 0 Å². The van der Waals surface area contributed by atoms with Gasteiger partial charge >= 0.3 is 5.97 Å². The van der Waals surface area contributed by atoms with Gasteiger partial charge in [0.05, 0.1) is 18.7 Å². The number of quaternary nitrogens is 1. The third-order valence-electron chi connectivity index (χ3n) is 3.51. The number of hydrogen-bond donors (Lipinski definition) is 1. The molecule has 1 atom stereocenters. The van der Waals surface area contributed by atoms with E-state index < -0.39 is 0 Å². The van der Waals surface area contributed by atoms with Crippen molar-refractivity contribution in [1.82, 2.24) is 0 Å². The molecule has 4 heteroatoms. The van der Waals surface area contributed by atoms with E-state index in [4.69, 9.17) is 4.74 Å². The van der Waals surface area contributed by atoms with Crippen molar-refractivity contribution < 1.29 is 14.4 Å². The van der Waals surface area contributed by atoms with E-state index in [1.54, 1.807) is 17.0 Å². The second kappa shape index (κ2) is 7.06. The van der Waals surface area contributed by atoms with Crippen LogP contribution in [0.2, 0.25) is 0 Å². The highest BCUT2D eigenvalue weighted by molar-refractivity contribution is 9.10. The Labute approximate surface area is 123 Å². The van der Waals surface area contributed by atoms with Crippen LogP contribution in [0.1, 0.15) is 36.5 Å². The van der Waals surface area contributed by atoms with Crippen molar-refractivity contribution in [3.05, 3.63) is 34.3 Å². The Morgan fingerprint density at radius 3 is 2.79 bits per heavy atom. The number of carbonyl (C=O) groups is 1. The lowest BCUT2D eigenvalue weighted by molar-refractivity contribution is -0.907. The standard InChI is InChI=1S/C15H20BrNO2/c1-12(11-17-8-3-2-4-9-17)19-15(18)13-6-5-7-14(16)10-13/h5-7,10,12H,2-4,8-9,11H2,1H3/p+1/t12-/m1/s1. The molecule has 0 spiro atoms. The minimum absolute atomic E-state index is 0.0282. The van der Waals surface area contributed by atoms with Gasteiger partial charge in [0.25, 0.3) is 0 Å². The molecule has 1 N–H and O–H groups in total. The zero-order chi connectivity index (χ0) is 13.7. The quantitative estimate of drug-likeness (QED) is 0.859. The number of nitrogens with one attached hydrogen (secondary N) is 1. The van der Waals surface area contributed by atoms with Crippen molar-refractivity contribution in [2.45, 2.75) is 32.3 Å². The van der Waals surface area contributed by atoms with Crippen LogP contribution in [-0.2, 0) is 4.74 Å². The predicted octanol–water partition coefficient (Wildman–Crippen LogP) is 2.06. The molecule has 1 saturated heterocycles. The normalized spacial score (nSPS) is 18.0. The molecule has 104 valence electrons. The Bertz CT molecular complexity index is 430. The number of ether oxygens (including phenoxy) is 1. The molecule has 2 rings (SSSR count). The van der Waals surface area contributed by atoms with Crippen LogP contribution in [0.5, 0.6) is 0 Å². The van der Waals surface area contributed by atoms with E-state index in [0.29, 0.717) is 5.56 Å². The maximum Gasteiger partial charge on any atom is 0.338 e. The van der Waals surface area contributed by atoms with Gasteiger partial charge in [-0.2, -0.15) is 0 Å². The Hall–Kier alpha value is -0.870. The summed E-state index contributed by atoms with van der Waals surface area (Å²) in [6.07, 6.45) is 3.90. The molecule has 1 fully saturated rings. The van der Waals surface area contributed by atoms with Gasteiger partial charge in [-0.05, 0) is 44.4 Å². The predicted molar refractivity (Wildman–Crippen MR) is 78.4 cm³/mol. The number of carbonyl (C=O) groups excluding carboxylic acids is 1. The number of halogens is 1. The first-order chi connectivity index (χ1) is 9.15. The highest BCUT2D eigenvalue weighted by atomic mass is 79.9. The molecule has 1 aliphatic heterocycles. The highest BCUT2D eigenvalue weighted by Crippen LogP contribution is 2.13. The summed E-state index contributed by atoms with van der Waals surface area (Å²) >= 11 is 3.36. The molecule has 1 heterocycles. The molecular formula is C15H21BrNO2+. The molecule has 0 aliphatic carbocycles. The number of hydrogen-bond acceptors (Lipinski definition) is 2. The van der Waals surface area contributed by atoms with Gasteiger partial charge in [-0.1, -0.05) is 22.0 Å². The SMILES string of the molecule is C[C@H](C[NH+]1CCCCC1)OC(=O)c1cccc(Br)c1. The Balaban J connectivity index is 1.84. The second-order valence-corrected chi connectivity index (χ2v) is 6.16. The smallest absolute Gasteiger partial charge is 0.338 e. The average molecular weight is 327 g/mol. The highest BCUT2D eigenvalue weighted by Gasteiger charge is 2.19. The molecule has 1 aromatic carbocycles. The summed E-state index contributed by atoms with van der Waals surface area (Å²) in [6, 6.07) is 7.33. The lowest BCUT2D eigenvalue weighted by Gasteiger charge is -2.26. The van der Waals surface area contributed by atoms with Crippen molar-refractivity contribution in [3.8, 4) is 0 Å². The van der Waals surface area contributed by atoms with Crippen molar-refractivity contribution in [2.75, 3.05) is 19.6 Å². The van der Waals surface area contributed by atoms with Crippen molar-refractivity contribution >= 4 is 21.9 Å². The van der Waals surface area contributed by atoms with Crippen LogP contribution < -0.4 is 4.90 Å². The largest absolute Gasteiger partial charge is 0.453 e. The second-order valence-electron chi connectivity index (χ2n) is 5.24. The van der Waals surface area contributed by atoms with E-state index in [1.165, 1.54) is 32.4 Å². The maximum atomic E-state index is 12.0. The zero-order valence-electron chi connectivity index (χ0n) is 11.3. The third kappa shape index (κ3) is 4.62. The number of esters is 1. The molecule has 0 aromatic heterocycles. The van der Waals surface area contributed by atoms with Gasteiger partial charge in [-0.3, -0.25) is 0 Å². The molecule has 0 radical (unpaired) electrons. The van der Waals surface area contributed by atoms with Crippen LogP contribution in [-0.4, -0.2) is 31.7 Å². The van der Waals surface area contributed by atoms with E-state index in [9.17, 15) is 4.79 Å². The van der Waals surface area contributed by atoms with Gasteiger partial charge in [0.1, 0.15) is 12.6 Å². The van der Waals surface area contributed by atoms with E-state index in [0.717, 1.165) is 11.0 Å². The summed E-state index contributed by atoms with van der Waals surface area (Å²) in [6.45, 7) is 5.31. The summed E-state index contributed by atoms with van der Waals surface area (Å²) in [7, 11) is 0. The summed E-state index contributed by atoms with van der Waals surface area (Å²) in [5.74, 6) is -0.231. The van der Waals surface area contributed by atoms with Crippen LogP contribution in [0, 0.1) is 0 Å². The van der Waals surface area contributed by atoms with E-state index in [2.05, 4.69) is 15.9 Å². The first kappa shape index (κ1) is 14.5. The molecule has 1 aromatic rings. The third-order valence-corrected chi connectivity index (χ3v) is 4.00. The lowest BCUT2D eigenvalue weighted by Crippen LogP contribution is -3.13. The molecule has 1 aliphatic rings. The van der Waals surface area contributed by atoms with Gasteiger partial charge in [0, 0.05) is 4.47 Å². The molecule has 0 amide bonds. The molecular weight excluding hydrogens is 306 g/mol. The zero-order valence-corrected chi connectivity index (χ0v) is 12.9. The molecule has 19 heavy (non-hydrogen) atoms. The molecule has 3 nitrogen and oxygen atoms in total. The van der Waals surface area contributed by atoms with Crippen LogP contribution in [0.25, 0.3) is 0 Å². The fourth-order valence-corrected chi connectivity index (χ4v) is 2.97. The Morgan fingerprint density at radius 1 is 1.37 bits per heavy atom. The Morgan fingerprint density at radius 2 is 2.11 bits per heavy atom. The van der Waals surface area contributed by atoms with Gasteiger partial charge < -0.3 is 9.64 Å². The van der Waals surface area contributed by atoms with Gasteiger partial charge in [0.2, 0.25) is 0 Å². The topological polar surface area (TPSA) is 30.7 Å². The first-order valence-electron chi connectivity index (χ1n) is 6.95. The van der Waals surface area contributed by atoms with Crippen LogP contribution in [0.15, 0.2) is 28.7 Å². The minimum Gasteiger partial charge on any atom is -0.453 e. The van der Waals surface area contributed by atoms with E-state index in [1.807, 2.05) is 19.1 Å². The fourth-order valence-electron chi connectivity index (χ4n) is 2.57. The first-order valence-corrected chi connectivity index (χ1v) is 7.74. The lowest BCUT2D eigenvalue weighted by atomic mass is 10.1. The molecule has 0 unspecified atom stereocenters. The maximum absolute atomic E-state index is 12.0. The number of benzene rings is 1. The number of likely N-dealkylation sites (tertiary alicyclic amines) is 1. The van der Waals surface area contributed by atoms with E-state index >= 15 is 0 Å². The van der Waals surface area contributed by atoms with Crippen molar-refractivity contribution in [3.63, 3.8) is 0 Å². The Kier molecular flexibility index (Phi) is 5.40. The van der Waals surface area contributed by atoms with Gasteiger partial charge in [-0.25, -0.2) is 4.79 Å². The summed E-state index contributed by atoms with van der Waals surface area (Å²) in [5.41, 5.74) is 0.606. The average Bonchev–Trinajstić information content (AvgIpc) is 2.39. The minimum atomic E-state index is -0.231. The van der Waals surface area contributed by atoms with E-state index in [-0.39, 0.29) is 12.1 Å². The fraction of sp³-hybridized carbons (Fsp3) is 0.533. The van der Waals surface area contributed by atoms with Gasteiger partial charge in [0.15, 0.2) is 0 Å². The molecule has 0 bridgehead atoms.